The molecule has 0 saturated carbocycles. The molecule has 0 radical (unpaired) electrons. The Morgan fingerprint density at radius 1 is 1.20 bits per heavy atom. The lowest BCUT2D eigenvalue weighted by atomic mass is 9.93. The molecule has 3 rings (SSSR count). The highest BCUT2D eigenvalue weighted by Gasteiger charge is 2.28. The van der Waals surface area contributed by atoms with Crippen molar-refractivity contribution in [2.45, 2.75) is 25.5 Å². The number of nitrogens with one attached hydrogen (secondary N) is 1. The molecule has 20 heavy (non-hydrogen) atoms. The van der Waals surface area contributed by atoms with Gasteiger partial charge in [-0.3, -0.25) is 0 Å². The Morgan fingerprint density at radius 2 is 2.00 bits per heavy atom. The Kier molecular flexibility index (Phi) is 3.70. The van der Waals surface area contributed by atoms with Gasteiger partial charge in [-0.25, -0.2) is 4.39 Å². The van der Waals surface area contributed by atoms with Crippen molar-refractivity contribution in [3.8, 4) is 5.75 Å². The molecular formula is C17H18FNO. The van der Waals surface area contributed by atoms with Gasteiger partial charge in [0.25, 0.3) is 0 Å². The predicted octanol–water partition coefficient (Wildman–Crippen LogP) is 4.00. The fraction of sp³-hybridized carbons (Fsp3) is 0.294. The summed E-state index contributed by atoms with van der Waals surface area (Å²) in [5.41, 5.74) is 2.17. The minimum Gasteiger partial charge on any atom is -0.485 e. The van der Waals surface area contributed by atoms with Gasteiger partial charge in [0.2, 0.25) is 0 Å². The summed E-state index contributed by atoms with van der Waals surface area (Å²) < 4.78 is 19.4. The number of rotatable bonds is 3. The molecule has 2 aromatic carbocycles. The first-order valence-electron chi connectivity index (χ1n) is 7.02. The molecule has 0 aromatic heterocycles. The quantitative estimate of drug-likeness (QED) is 0.911. The summed E-state index contributed by atoms with van der Waals surface area (Å²) in [7, 11) is 0. The van der Waals surface area contributed by atoms with Crippen molar-refractivity contribution in [1.82, 2.24) is 5.32 Å². The molecule has 0 aliphatic carbocycles. The molecule has 1 heterocycles. The van der Waals surface area contributed by atoms with Crippen molar-refractivity contribution < 1.29 is 9.13 Å². The largest absolute Gasteiger partial charge is 0.485 e. The summed E-state index contributed by atoms with van der Waals surface area (Å²) in [6, 6.07) is 15.1. The van der Waals surface area contributed by atoms with Gasteiger partial charge < -0.3 is 10.1 Å². The second-order valence-corrected chi connectivity index (χ2v) is 5.05. The Hall–Kier alpha value is -1.87. The third kappa shape index (κ3) is 2.54. The first-order valence-corrected chi connectivity index (χ1v) is 7.02. The van der Waals surface area contributed by atoms with E-state index >= 15 is 0 Å². The van der Waals surface area contributed by atoms with Crippen LogP contribution < -0.4 is 10.1 Å². The maximum absolute atomic E-state index is 13.4. The van der Waals surface area contributed by atoms with Crippen LogP contribution >= 0.6 is 0 Å². The van der Waals surface area contributed by atoms with E-state index in [9.17, 15) is 4.39 Å². The van der Waals surface area contributed by atoms with Crippen LogP contribution in [0.1, 0.15) is 36.6 Å². The molecule has 104 valence electrons. The average Bonchev–Trinajstić information content (AvgIpc) is 2.48. The average molecular weight is 271 g/mol. The lowest BCUT2D eigenvalue weighted by molar-refractivity contribution is 0.151. The van der Waals surface area contributed by atoms with Crippen molar-refractivity contribution >= 4 is 0 Å². The number of hydrogen-bond donors (Lipinski definition) is 1. The van der Waals surface area contributed by atoms with Crippen LogP contribution in [0, 0.1) is 5.82 Å². The SMILES string of the molecule is CCNC1CC(c2ccccc2)Oc2cc(F)ccc21. The summed E-state index contributed by atoms with van der Waals surface area (Å²) in [5, 5.41) is 3.46. The topological polar surface area (TPSA) is 21.3 Å². The molecule has 0 spiro atoms. The summed E-state index contributed by atoms with van der Waals surface area (Å²) in [6.07, 6.45) is 0.825. The van der Waals surface area contributed by atoms with Crippen LogP contribution in [0.3, 0.4) is 0 Å². The Labute approximate surface area is 118 Å². The highest BCUT2D eigenvalue weighted by Crippen LogP contribution is 2.40. The van der Waals surface area contributed by atoms with E-state index < -0.39 is 0 Å². The van der Waals surface area contributed by atoms with E-state index in [1.807, 2.05) is 24.3 Å². The predicted molar refractivity (Wildman–Crippen MR) is 77.2 cm³/mol. The molecule has 0 saturated heterocycles. The normalized spacial score (nSPS) is 21.1. The van der Waals surface area contributed by atoms with Crippen LogP contribution in [0.2, 0.25) is 0 Å². The Morgan fingerprint density at radius 3 is 2.75 bits per heavy atom. The van der Waals surface area contributed by atoms with E-state index in [2.05, 4.69) is 24.4 Å². The molecule has 1 aliphatic heterocycles. The van der Waals surface area contributed by atoms with E-state index in [1.165, 1.54) is 12.1 Å². The van der Waals surface area contributed by atoms with Gasteiger partial charge in [-0.05, 0) is 18.2 Å². The molecule has 2 aromatic rings. The summed E-state index contributed by atoms with van der Waals surface area (Å²) in [6.45, 7) is 2.96. The number of benzene rings is 2. The van der Waals surface area contributed by atoms with E-state index in [0.717, 1.165) is 24.1 Å². The third-order valence-corrected chi connectivity index (χ3v) is 3.69. The summed E-state index contributed by atoms with van der Waals surface area (Å²) >= 11 is 0. The highest BCUT2D eigenvalue weighted by atomic mass is 19.1. The molecule has 1 N–H and O–H groups in total. The zero-order valence-electron chi connectivity index (χ0n) is 11.5. The van der Waals surface area contributed by atoms with Gasteiger partial charge in [-0.15, -0.1) is 0 Å². The van der Waals surface area contributed by atoms with Gasteiger partial charge in [0, 0.05) is 24.1 Å². The van der Waals surface area contributed by atoms with E-state index in [-0.39, 0.29) is 18.0 Å². The lowest BCUT2D eigenvalue weighted by Gasteiger charge is -2.33. The van der Waals surface area contributed by atoms with Crippen molar-refractivity contribution in [3.05, 3.63) is 65.5 Å². The molecule has 0 fully saturated rings. The number of halogens is 1. The van der Waals surface area contributed by atoms with E-state index in [4.69, 9.17) is 4.74 Å². The third-order valence-electron chi connectivity index (χ3n) is 3.69. The smallest absolute Gasteiger partial charge is 0.127 e. The fourth-order valence-corrected chi connectivity index (χ4v) is 2.75. The molecule has 1 aliphatic rings. The maximum atomic E-state index is 13.4. The van der Waals surface area contributed by atoms with Crippen molar-refractivity contribution in [2.24, 2.45) is 0 Å². The van der Waals surface area contributed by atoms with Gasteiger partial charge >= 0.3 is 0 Å². The lowest BCUT2D eigenvalue weighted by Crippen LogP contribution is -2.29. The molecule has 2 nitrogen and oxygen atoms in total. The molecule has 2 atom stereocenters. The van der Waals surface area contributed by atoms with Gasteiger partial charge in [0.1, 0.15) is 17.7 Å². The van der Waals surface area contributed by atoms with Gasteiger partial charge in [0.05, 0.1) is 0 Å². The van der Waals surface area contributed by atoms with Gasteiger partial charge in [-0.2, -0.15) is 0 Å². The first kappa shape index (κ1) is 13.1. The monoisotopic (exact) mass is 271 g/mol. The van der Waals surface area contributed by atoms with Gasteiger partial charge in [0.15, 0.2) is 0 Å². The maximum Gasteiger partial charge on any atom is 0.127 e. The zero-order valence-corrected chi connectivity index (χ0v) is 11.5. The van der Waals surface area contributed by atoms with E-state index in [0.29, 0.717) is 5.75 Å². The van der Waals surface area contributed by atoms with Crippen LogP contribution in [-0.4, -0.2) is 6.54 Å². The molecule has 2 unspecified atom stereocenters. The minimum absolute atomic E-state index is 0.0328. The molecule has 0 amide bonds. The molecule has 0 bridgehead atoms. The fourth-order valence-electron chi connectivity index (χ4n) is 2.75. The first-order chi connectivity index (χ1) is 9.78. The number of ether oxygens (including phenoxy) is 1. The van der Waals surface area contributed by atoms with Crippen molar-refractivity contribution in [1.29, 1.82) is 0 Å². The Bertz CT molecular complexity index is 585. The number of fused-ring (bicyclic) bond motifs is 1. The van der Waals surface area contributed by atoms with Crippen LogP contribution in [-0.2, 0) is 0 Å². The van der Waals surface area contributed by atoms with Crippen molar-refractivity contribution in [2.75, 3.05) is 6.54 Å². The minimum atomic E-state index is -0.257. The summed E-state index contributed by atoms with van der Waals surface area (Å²) in [5.74, 6) is 0.392. The number of hydrogen-bond acceptors (Lipinski definition) is 2. The van der Waals surface area contributed by atoms with Crippen molar-refractivity contribution in [3.63, 3.8) is 0 Å². The van der Waals surface area contributed by atoms with Crippen LogP contribution in [0.5, 0.6) is 5.75 Å². The molecular weight excluding hydrogens is 253 g/mol. The van der Waals surface area contributed by atoms with E-state index in [1.54, 1.807) is 0 Å². The second-order valence-electron chi connectivity index (χ2n) is 5.05. The van der Waals surface area contributed by atoms with Crippen LogP contribution in [0.15, 0.2) is 48.5 Å². The summed E-state index contributed by atoms with van der Waals surface area (Å²) in [4.78, 5) is 0. The molecule has 3 heteroatoms. The zero-order chi connectivity index (χ0) is 13.9. The highest BCUT2D eigenvalue weighted by molar-refractivity contribution is 5.39. The van der Waals surface area contributed by atoms with Crippen LogP contribution in [0.4, 0.5) is 4.39 Å². The standard InChI is InChI=1S/C17H18FNO/c1-2-19-15-11-16(12-6-4-3-5-7-12)20-17-10-13(18)8-9-14(15)17/h3-10,15-16,19H,2,11H2,1H3. The second kappa shape index (κ2) is 5.63. The van der Waals surface area contributed by atoms with Crippen LogP contribution in [0.25, 0.3) is 0 Å². The van der Waals surface area contributed by atoms with Gasteiger partial charge in [-0.1, -0.05) is 43.3 Å². The Balaban J connectivity index is 1.95.